The first-order valence-corrected chi connectivity index (χ1v) is 20.4. The summed E-state index contributed by atoms with van der Waals surface area (Å²) in [6.07, 6.45) is 1.44. The minimum atomic E-state index is -0.898. The van der Waals surface area contributed by atoms with Crippen molar-refractivity contribution in [2.45, 2.75) is 89.8 Å². The number of carbonyl (C=O) groups excluding carboxylic acids is 2. The number of hydrogen-bond acceptors (Lipinski definition) is 9. The number of ether oxygens (including phenoxy) is 1. The lowest BCUT2D eigenvalue weighted by Crippen LogP contribution is -2.62. The Hall–Kier alpha value is -4.00. The highest BCUT2D eigenvalue weighted by atomic mass is 16.7. The summed E-state index contributed by atoms with van der Waals surface area (Å²) in [4.78, 5) is 36.3. The van der Waals surface area contributed by atoms with E-state index in [9.17, 15) is 19.8 Å². The first-order valence-electron chi connectivity index (χ1n) is 20.4. The maximum absolute atomic E-state index is 14.3. The van der Waals surface area contributed by atoms with Gasteiger partial charge >= 0.3 is 0 Å². The number of hydrogen-bond donors (Lipinski definition) is 5. The lowest BCUT2D eigenvalue weighted by atomic mass is 9.45. The molecule has 5 N–H and O–H groups in total. The summed E-state index contributed by atoms with van der Waals surface area (Å²) < 4.78 is 6.09. The van der Waals surface area contributed by atoms with Crippen LogP contribution in [0.1, 0.15) is 74.4 Å². The third-order valence-corrected chi connectivity index (χ3v) is 13.7. The molecule has 3 saturated carbocycles. The largest absolute Gasteiger partial charge is 0.496 e. The predicted molar refractivity (Wildman–Crippen MR) is 218 cm³/mol. The quantitative estimate of drug-likeness (QED) is 0.164. The fourth-order valence-corrected chi connectivity index (χ4v) is 10.3. The number of methoxy groups -OCH3 is 1. The van der Waals surface area contributed by atoms with Gasteiger partial charge in [0.1, 0.15) is 17.9 Å². The highest BCUT2D eigenvalue weighted by molar-refractivity contribution is 5.97. The number of anilines is 1. The van der Waals surface area contributed by atoms with Crippen molar-refractivity contribution < 1.29 is 29.4 Å². The Morgan fingerprint density at radius 1 is 1.07 bits per heavy atom. The van der Waals surface area contributed by atoms with Crippen molar-refractivity contribution in [3.05, 3.63) is 83.4 Å². The molecular weight excluding hydrogens is 707 g/mol. The molecule has 1 unspecified atom stereocenters. The Balaban J connectivity index is 1.11. The van der Waals surface area contributed by atoms with Crippen LogP contribution in [0.4, 0.5) is 5.69 Å². The van der Waals surface area contributed by atoms with Crippen LogP contribution in [0.5, 0.6) is 5.75 Å². The fraction of sp³-hybridized carbons (Fsp3) is 0.556. The van der Waals surface area contributed by atoms with Crippen molar-refractivity contribution >= 4 is 17.5 Å². The minimum absolute atomic E-state index is 0.0396. The maximum atomic E-state index is 14.3. The first kappa shape index (κ1) is 40.2. The van der Waals surface area contributed by atoms with Gasteiger partial charge in [-0.2, -0.15) is 5.06 Å². The third kappa shape index (κ3) is 7.81. The number of nitrogens with zero attached hydrogens (tertiary/aromatic N) is 2. The average molecular weight is 768 g/mol. The third-order valence-electron chi connectivity index (χ3n) is 13.7. The van der Waals surface area contributed by atoms with E-state index in [-0.39, 0.29) is 42.5 Å². The summed E-state index contributed by atoms with van der Waals surface area (Å²) in [6.45, 7) is 9.81. The van der Waals surface area contributed by atoms with Gasteiger partial charge in [-0.25, -0.2) is 0 Å². The van der Waals surface area contributed by atoms with Gasteiger partial charge in [-0.05, 0) is 84.6 Å². The maximum Gasteiger partial charge on any atom is 0.251 e. The summed E-state index contributed by atoms with van der Waals surface area (Å²) in [7, 11) is 5.51. The molecule has 10 atom stereocenters. The molecule has 2 saturated heterocycles. The lowest BCUT2D eigenvalue weighted by Gasteiger charge is -2.62. The average Bonchev–Trinajstić information content (AvgIpc) is 3.82. The van der Waals surface area contributed by atoms with Crippen LogP contribution in [0.2, 0.25) is 0 Å². The number of para-hydroxylation sites is 1. The first-order chi connectivity index (χ1) is 26.8. The van der Waals surface area contributed by atoms with Gasteiger partial charge in [0, 0.05) is 67.6 Å². The fourth-order valence-electron chi connectivity index (χ4n) is 10.3. The van der Waals surface area contributed by atoms with E-state index in [1.807, 2.05) is 61.5 Å². The molecule has 56 heavy (non-hydrogen) atoms. The molecule has 11 nitrogen and oxygen atoms in total. The Bertz CT molecular complexity index is 1870. The Morgan fingerprint density at radius 3 is 2.50 bits per heavy atom. The minimum Gasteiger partial charge on any atom is -0.496 e. The Morgan fingerprint density at radius 2 is 1.84 bits per heavy atom. The van der Waals surface area contributed by atoms with Crippen LogP contribution in [0.15, 0.2) is 66.7 Å². The molecule has 2 aliphatic heterocycles. The van der Waals surface area contributed by atoms with Gasteiger partial charge in [0.25, 0.3) is 5.91 Å². The Labute approximate surface area is 332 Å². The number of hydroxylamine groups is 2. The smallest absolute Gasteiger partial charge is 0.251 e. The molecule has 11 heteroatoms. The van der Waals surface area contributed by atoms with Crippen LogP contribution in [-0.4, -0.2) is 98.3 Å². The van der Waals surface area contributed by atoms with Crippen LogP contribution in [-0.2, 0) is 16.2 Å². The lowest BCUT2D eigenvalue weighted by molar-refractivity contribution is -0.183. The van der Waals surface area contributed by atoms with Crippen LogP contribution < -0.4 is 25.6 Å². The second-order valence-corrected chi connectivity index (χ2v) is 17.6. The molecule has 3 aromatic rings. The number of amides is 2. The molecule has 0 aromatic heterocycles. The molecule has 5 aliphatic rings. The molecule has 0 spiro atoms. The zero-order chi connectivity index (χ0) is 39.9. The predicted octanol–water partition coefficient (Wildman–Crippen LogP) is 4.96. The number of aliphatic hydroxyl groups excluding tert-OH is 2. The van der Waals surface area contributed by atoms with Crippen LogP contribution in [0.3, 0.4) is 0 Å². The molecule has 0 radical (unpaired) electrons. The van der Waals surface area contributed by atoms with Gasteiger partial charge in [0.05, 0.1) is 26.4 Å². The topological polar surface area (TPSA) is 136 Å². The zero-order valence-corrected chi connectivity index (χ0v) is 34.0. The van der Waals surface area contributed by atoms with Crippen LogP contribution in [0.25, 0.3) is 11.1 Å². The van der Waals surface area contributed by atoms with E-state index in [4.69, 9.17) is 9.57 Å². The molecule has 2 heterocycles. The monoisotopic (exact) mass is 767 g/mol. The van der Waals surface area contributed by atoms with Crippen LogP contribution in [0, 0.1) is 29.1 Å². The molecule has 2 amide bonds. The van der Waals surface area contributed by atoms with Gasteiger partial charge < -0.3 is 35.8 Å². The molecule has 2 bridgehead atoms. The summed E-state index contributed by atoms with van der Waals surface area (Å²) >= 11 is 0. The second kappa shape index (κ2) is 16.5. The van der Waals surface area contributed by atoms with Gasteiger partial charge in [-0.1, -0.05) is 69.3 Å². The Kier molecular flexibility index (Phi) is 11.8. The summed E-state index contributed by atoms with van der Waals surface area (Å²) in [5.74, 6) is 1.48. The van der Waals surface area contributed by atoms with E-state index < -0.39 is 24.2 Å². The van der Waals surface area contributed by atoms with E-state index in [0.717, 1.165) is 41.8 Å². The zero-order valence-electron chi connectivity index (χ0n) is 34.0. The highest BCUT2D eigenvalue weighted by Gasteiger charge is 2.57. The van der Waals surface area contributed by atoms with Crippen LogP contribution >= 0.6 is 0 Å². The van der Waals surface area contributed by atoms with E-state index >= 15 is 0 Å². The SMILES string of the molecule is COc1c(CN2O[C@@H](CO)[C@H](C(C)O)[C@H]2C(=O)N[C@H]2C[C@H]3C[C@@H]([C@@H]2C)C3(C)C)cccc1-c1cc(C(=O)NC[C@@H]2C[C@@H](c3ccccc3)CN2)cc(N(C)C)c1. The molecule has 302 valence electrons. The molecule has 8 rings (SSSR count). The van der Waals surface area contributed by atoms with Crippen molar-refractivity contribution in [3.8, 4) is 16.9 Å². The number of aliphatic hydroxyl groups is 2. The molecule has 3 aromatic carbocycles. The van der Waals surface area contributed by atoms with Crippen molar-refractivity contribution in [1.29, 1.82) is 0 Å². The summed E-state index contributed by atoms with van der Waals surface area (Å²) in [6, 6.07) is 21.5. The molecule has 3 aliphatic carbocycles. The van der Waals surface area contributed by atoms with Crippen molar-refractivity contribution in [2.75, 3.05) is 45.8 Å². The summed E-state index contributed by atoms with van der Waals surface area (Å²) in [5.41, 5.74) is 5.36. The van der Waals surface area contributed by atoms with E-state index in [2.05, 4.69) is 61.0 Å². The van der Waals surface area contributed by atoms with Gasteiger partial charge in [0.15, 0.2) is 0 Å². The van der Waals surface area contributed by atoms with Crippen molar-refractivity contribution in [1.82, 2.24) is 21.0 Å². The number of fused-ring (bicyclic) bond motifs is 2. The number of carbonyl (C=O) groups is 2. The van der Waals surface area contributed by atoms with E-state index in [1.54, 1.807) is 19.1 Å². The van der Waals surface area contributed by atoms with Crippen molar-refractivity contribution in [3.63, 3.8) is 0 Å². The second-order valence-electron chi connectivity index (χ2n) is 17.6. The molecular formula is C45H61N5O6. The van der Waals surface area contributed by atoms with Gasteiger partial charge in [-0.3, -0.25) is 14.4 Å². The number of nitrogens with one attached hydrogen (secondary N) is 3. The van der Waals surface area contributed by atoms with Gasteiger partial charge in [-0.15, -0.1) is 0 Å². The van der Waals surface area contributed by atoms with Gasteiger partial charge in [0.2, 0.25) is 5.91 Å². The standard InChI is InChI=1S/C45H61N5O6/c1-26-37-20-33(45(37,3)4)21-38(26)48-44(54)41-40(27(2)52)39(25-51)56-50(41)24-29-14-11-15-36(42(29)55-7)30-16-31(19-35(18-30)49(5)6)43(53)47-23-34-17-32(22-46-34)28-12-9-8-10-13-28/h8-16,18-19,26-27,32-34,37-41,46,51-52H,17,20-25H2,1-7H3,(H,47,53)(H,48,54)/t26-,27?,32+,33+,34-,37-,38-,39-,40-,41-/m0/s1. The van der Waals surface area contributed by atoms with E-state index in [1.165, 1.54) is 12.0 Å². The highest BCUT2D eigenvalue weighted by Crippen LogP contribution is 2.61. The number of benzene rings is 3. The van der Waals surface area contributed by atoms with Crippen molar-refractivity contribution in [2.24, 2.45) is 29.1 Å². The normalized spacial score (nSPS) is 30.0. The number of rotatable bonds is 13. The molecule has 5 fully saturated rings. The van der Waals surface area contributed by atoms with E-state index in [0.29, 0.717) is 41.5 Å². The summed E-state index contributed by atoms with van der Waals surface area (Å²) in [5, 5.41) is 33.1.